The molecule has 0 aromatic carbocycles. The molecule has 2 fully saturated rings. The summed E-state index contributed by atoms with van der Waals surface area (Å²) in [5.41, 5.74) is 8.72. The van der Waals surface area contributed by atoms with Gasteiger partial charge in [0.25, 0.3) is 0 Å². The van der Waals surface area contributed by atoms with E-state index in [1.165, 1.54) is 25.7 Å². The summed E-state index contributed by atoms with van der Waals surface area (Å²) in [6, 6.07) is -0.376. The Morgan fingerprint density at radius 2 is 1.56 bits per heavy atom. The molecule has 4 nitrogen and oxygen atoms in total. The molecule has 0 aromatic rings. The Morgan fingerprint density at radius 3 is 2.11 bits per heavy atom. The van der Waals surface area contributed by atoms with Crippen molar-refractivity contribution in [3.05, 3.63) is 10.4 Å². The summed E-state index contributed by atoms with van der Waals surface area (Å²) in [6.45, 7) is 0. The van der Waals surface area contributed by atoms with Crippen LogP contribution in [-0.2, 0) is 4.79 Å². The molecule has 2 rings (SSSR count). The lowest BCUT2D eigenvalue weighted by atomic mass is 9.76. The Hall–Kier alpha value is -1.02. The van der Waals surface area contributed by atoms with Gasteiger partial charge in [-0.25, -0.2) is 0 Å². The van der Waals surface area contributed by atoms with Gasteiger partial charge in [-0.3, -0.25) is 4.79 Å². The van der Waals surface area contributed by atoms with E-state index in [1.54, 1.807) is 0 Å². The Kier molecular flexibility index (Phi) is 5.06. The van der Waals surface area contributed by atoms with Crippen molar-refractivity contribution in [1.29, 1.82) is 0 Å². The quantitative estimate of drug-likeness (QED) is 0.414. The second kappa shape index (κ2) is 6.79. The third-order valence-corrected chi connectivity index (χ3v) is 4.57. The third-order valence-electron chi connectivity index (χ3n) is 4.57. The van der Waals surface area contributed by atoms with Gasteiger partial charge in [-0.1, -0.05) is 43.6 Å². The highest BCUT2D eigenvalue weighted by Gasteiger charge is 2.33. The zero-order valence-corrected chi connectivity index (χ0v) is 11.1. The number of hydrogen-bond acceptors (Lipinski definition) is 2. The maximum Gasteiger partial charge on any atom is 0.145 e. The van der Waals surface area contributed by atoms with Crippen molar-refractivity contribution in [2.75, 3.05) is 0 Å². The predicted octanol–water partition coefficient (Wildman–Crippen LogP) is 4.40. The fraction of sp³-hybridized carbons (Fsp3) is 0.929. The van der Waals surface area contributed by atoms with Crippen LogP contribution >= 0.6 is 0 Å². The molecule has 0 N–H and O–H groups in total. The minimum absolute atomic E-state index is 0.163. The van der Waals surface area contributed by atoms with Crippen molar-refractivity contribution in [3.63, 3.8) is 0 Å². The molecule has 0 aliphatic heterocycles. The van der Waals surface area contributed by atoms with Gasteiger partial charge in [0.1, 0.15) is 5.78 Å². The van der Waals surface area contributed by atoms with Crippen LogP contribution in [0.2, 0.25) is 0 Å². The van der Waals surface area contributed by atoms with E-state index >= 15 is 0 Å². The van der Waals surface area contributed by atoms with Crippen LogP contribution < -0.4 is 0 Å². The molecule has 4 heteroatoms. The fourth-order valence-electron chi connectivity index (χ4n) is 3.52. The van der Waals surface area contributed by atoms with E-state index in [-0.39, 0.29) is 17.7 Å². The minimum Gasteiger partial charge on any atom is -0.299 e. The van der Waals surface area contributed by atoms with Crippen molar-refractivity contribution in [2.24, 2.45) is 17.0 Å². The van der Waals surface area contributed by atoms with Crippen LogP contribution in [0.3, 0.4) is 0 Å². The van der Waals surface area contributed by atoms with Crippen LogP contribution in [0.5, 0.6) is 0 Å². The SMILES string of the molecule is [N-]=[N+]=NC(C(=O)C1CCCCC1)C1CCCCC1. The third kappa shape index (κ3) is 3.26. The van der Waals surface area contributed by atoms with E-state index in [2.05, 4.69) is 10.0 Å². The first kappa shape index (κ1) is 13.4. The van der Waals surface area contributed by atoms with Crippen molar-refractivity contribution >= 4 is 5.78 Å². The van der Waals surface area contributed by atoms with Crippen LogP contribution in [0.15, 0.2) is 5.11 Å². The van der Waals surface area contributed by atoms with Gasteiger partial charge >= 0.3 is 0 Å². The van der Waals surface area contributed by atoms with Gasteiger partial charge in [-0.15, -0.1) is 0 Å². The summed E-state index contributed by atoms with van der Waals surface area (Å²) < 4.78 is 0. The Bertz CT molecular complexity index is 324. The van der Waals surface area contributed by atoms with Crippen LogP contribution in [0, 0.1) is 11.8 Å². The average molecular weight is 249 g/mol. The number of carbonyl (C=O) groups is 1. The molecule has 2 aliphatic rings. The summed E-state index contributed by atoms with van der Waals surface area (Å²) >= 11 is 0. The highest BCUT2D eigenvalue weighted by atomic mass is 16.1. The monoisotopic (exact) mass is 249 g/mol. The van der Waals surface area contributed by atoms with Gasteiger partial charge in [0.2, 0.25) is 0 Å². The van der Waals surface area contributed by atoms with E-state index in [9.17, 15) is 4.79 Å². The number of ketones is 1. The molecule has 0 aromatic heterocycles. The van der Waals surface area contributed by atoms with Gasteiger partial charge in [-0.05, 0) is 37.1 Å². The van der Waals surface area contributed by atoms with E-state index in [1.807, 2.05) is 0 Å². The van der Waals surface area contributed by atoms with Crippen molar-refractivity contribution in [3.8, 4) is 0 Å². The van der Waals surface area contributed by atoms with Crippen LogP contribution in [0.1, 0.15) is 64.2 Å². The van der Waals surface area contributed by atoms with Crippen molar-refractivity contribution < 1.29 is 4.79 Å². The number of carbonyl (C=O) groups excluding carboxylic acids is 1. The lowest BCUT2D eigenvalue weighted by Gasteiger charge is -2.30. The number of nitrogens with zero attached hydrogens (tertiary/aromatic N) is 3. The summed E-state index contributed by atoms with van der Waals surface area (Å²) in [4.78, 5) is 15.5. The largest absolute Gasteiger partial charge is 0.299 e. The fourth-order valence-corrected chi connectivity index (χ4v) is 3.52. The second-order valence-corrected chi connectivity index (χ2v) is 5.79. The molecule has 0 bridgehead atoms. The Labute approximate surface area is 109 Å². The predicted molar refractivity (Wildman–Crippen MR) is 71.1 cm³/mol. The molecule has 0 radical (unpaired) electrons. The van der Waals surface area contributed by atoms with E-state index in [0.717, 1.165) is 38.5 Å². The molecule has 1 atom stereocenters. The zero-order valence-electron chi connectivity index (χ0n) is 11.1. The highest BCUT2D eigenvalue weighted by Crippen LogP contribution is 2.33. The topological polar surface area (TPSA) is 65.8 Å². The Balaban J connectivity index is 2.03. The molecular formula is C14H23N3O. The molecule has 100 valence electrons. The number of hydrogen-bond donors (Lipinski definition) is 0. The van der Waals surface area contributed by atoms with Gasteiger partial charge in [0, 0.05) is 10.8 Å². The lowest BCUT2D eigenvalue weighted by molar-refractivity contribution is -0.126. The normalized spacial score (nSPS) is 24.2. The average Bonchev–Trinajstić information content (AvgIpc) is 2.46. The summed E-state index contributed by atoms with van der Waals surface area (Å²) in [7, 11) is 0. The molecule has 18 heavy (non-hydrogen) atoms. The molecule has 1 unspecified atom stereocenters. The van der Waals surface area contributed by atoms with Crippen molar-refractivity contribution in [1.82, 2.24) is 0 Å². The first-order chi connectivity index (χ1) is 8.83. The maximum absolute atomic E-state index is 12.5. The molecule has 0 saturated heterocycles. The zero-order chi connectivity index (χ0) is 12.8. The van der Waals surface area contributed by atoms with Gasteiger partial charge < -0.3 is 0 Å². The second-order valence-electron chi connectivity index (χ2n) is 5.79. The molecule has 0 heterocycles. The van der Waals surface area contributed by atoms with Gasteiger partial charge in [-0.2, -0.15) is 0 Å². The smallest absolute Gasteiger partial charge is 0.145 e. The molecule has 2 aliphatic carbocycles. The van der Waals surface area contributed by atoms with Gasteiger partial charge in [0.15, 0.2) is 0 Å². The van der Waals surface area contributed by atoms with E-state index in [4.69, 9.17) is 5.53 Å². The summed E-state index contributed by atoms with van der Waals surface area (Å²) in [5, 5.41) is 3.85. The van der Waals surface area contributed by atoms with E-state index in [0.29, 0.717) is 5.92 Å². The number of rotatable bonds is 4. The number of azide groups is 1. The summed E-state index contributed by atoms with van der Waals surface area (Å²) in [6.07, 6.45) is 11.3. The first-order valence-corrected chi connectivity index (χ1v) is 7.41. The standard InChI is InChI=1S/C14H23N3O/c15-17-16-13(11-7-3-1-4-8-11)14(18)12-9-5-2-6-10-12/h11-13H,1-10H2. The molecular weight excluding hydrogens is 226 g/mol. The highest BCUT2D eigenvalue weighted by molar-refractivity contribution is 5.86. The number of Topliss-reactive ketones (excluding diaryl/α,β-unsaturated/α-hetero) is 1. The van der Waals surface area contributed by atoms with Crippen LogP contribution in [0.4, 0.5) is 0 Å². The summed E-state index contributed by atoms with van der Waals surface area (Å²) in [5.74, 6) is 0.708. The first-order valence-electron chi connectivity index (χ1n) is 7.41. The van der Waals surface area contributed by atoms with Crippen LogP contribution in [0.25, 0.3) is 10.4 Å². The molecule has 2 saturated carbocycles. The lowest BCUT2D eigenvalue weighted by Crippen LogP contribution is -2.35. The van der Waals surface area contributed by atoms with Gasteiger partial charge in [0.05, 0.1) is 6.04 Å². The maximum atomic E-state index is 12.5. The molecule has 0 amide bonds. The van der Waals surface area contributed by atoms with Crippen LogP contribution in [-0.4, -0.2) is 11.8 Å². The van der Waals surface area contributed by atoms with Crippen molar-refractivity contribution in [2.45, 2.75) is 70.3 Å². The van der Waals surface area contributed by atoms with E-state index < -0.39 is 0 Å². The molecule has 0 spiro atoms. The Morgan fingerprint density at radius 1 is 1.00 bits per heavy atom. The minimum atomic E-state index is -0.376.